The van der Waals surface area contributed by atoms with Gasteiger partial charge in [0.25, 0.3) is 0 Å². The maximum Gasteiger partial charge on any atom is 0.0307 e. The van der Waals surface area contributed by atoms with E-state index in [1.165, 1.54) is 37.1 Å². The monoisotopic (exact) mass is 248 g/mol. The molecule has 2 heteroatoms. The fourth-order valence-corrected chi connectivity index (χ4v) is 2.27. The van der Waals surface area contributed by atoms with Crippen LogP contribution in [0.3, 0.4) is 0 Å². The first-order valence-electron chi connectivity index (χ1n) is 7.21. The van der Waals surface area contributed by atoms with E-state index in [-0.39, 0.29) is 6.04 Å². The molecule has 1 atom stereocenters. The van der Waals surface area contributed by atoms with E-state index in [9.17, 15) is 0 Å². The lowest BCUT2D eigenvalue weighted by Crippen LogP contribution is -2.29. The van der Waals surface area contributed by atoms with Gasteiger partial charge >= 0.3 is 0 Å². The number of benzene rings is 1. The number of hydrogen-bond donors (Lipinski definition) is 1. The van der Waals surface area contributed by atoms with Crippen molar-refractivity contribution in [1.29, 1.82) is 0 Å². The summed E-state index contributed by atoms with van der Waals surface area (Å²) in [6.07, 6.45) is 3.49. The molecule has 1 rings (SSSR count). The second-order valence-corrected chi connectivity index (χ2v) is 5.15. The van der Waals surface area contributed by atoms with E-state index in [0.29, 0.717) is 0 Å². The van der Waals surface area contributed by atoms with Crippen molar-refractivity contribution >= 4 is 0 Å². The van der Waals surface area contributed by atoms with Crippen LogP contribution >= 0.6 is 0 Å². The summed E-state index contributed by atoms with van der Waals surface area (Å²) < 4.78 is 0. The molecule has 0 aliphatic carbocycles. The molecule has 1 aromatic carbocycles. The summed E-state index contributed by atoms with van der Waals surface area (Å²) in [5, 5.41) is 0. The predicted octanol–water partition coefficient (Wildman–Crippen LogP) is 3.51. The van der Waals surface area contributed by atoms with E-state index in [1.807, 2.05) is 0 Å². The minimum absolute atomic E-state index is 0.168. The van der Waals surface area contributed by atoms with Crippen molar-refractivity contribution in [2.45, 2.75) is 46.1 Å². The molecule has 0 radical (unpaired) electrons. The van der Waals surface area contributed by atoms with Crippen LogP contribution in [0.4, 0.5) is 0 Å². The molecule has 102 valence electrons. The maximum atomic E-state index is 6.26. The molecule has 0 heterocycles. The van der Waals surface area contributed by atoms with Gasteiger partial charge in [-0.05, 0) is 51.4 Å². The molecule has 18 heavy (non-hydrogen) atoms. The third-order valence-corrected chi connectivity index (χ3v) is 3.34. The van der Waals surface area contributed by atoms with Gasteiger partial charge in [-0.2, -0.15) is 0 Å². The molecule has 2 nitrogen and oxygen atoms in total. The molecule has 0 saturated heterocycles. The van der Waals surface area contributed by atoms with Gasteiger partial charge in [-0.25, -0.2) is 0 Å². The van der Waals surface area contributed by atoms with E-state index < -0.39 is 0 Å². The molecular weight excluding hydrogens is 220 g/mol. The van der Waals surface area contributed by atoms with Crippen molar-refractivity contribution < 1.29 is 0 Å². The lowest BCUT2D eigenvalue weighted by molar-refractivity contribution is 0.264. The van der Waals surface area contributed by atoms with E-state index >= 15 is 0 Å². The fraction of sp³-hybridized carbons (Fsp3) is 0.625. The molecule has 0 aliphatic rings. The SMILES string of the molecule is CCCN(CCC)CCC(N)c1ccc(C)cc1. The molecule has 0 aromatic heterocycles. The second-order valence-electron chi connectivity index (χ2n) is 5.15. The zero-order chi connectivity index (χ0) is 13.4. The highest BCUT2D eigenvalue weighted by molar-refractivity contribution is 5.23. The van der Waals surface area contributed by atoms with E-state index in [2.05, 4.69) is 49.9 Å². The van der Waals surface area contributed by atoms with Crippen LogP contribution in [0.2, 0.25) is 0 Å². The van der Waals surface area contributed by atoms with Gasteiger partial charge in [0.05, 0.1) is 0 Å². The van der Waals surface area contributed by atoms with Crippen LogP contribution in [0.1, 0.15) is 50.3 Å². The van der Waals surface area contributed by atoms with Crippen molar-refractivity contribution in [2.24, 2.45) is 5.73 Å². The normalized spacial score (nSPS) is 12.9. The van der Waals surface area contributed by atoms with Crippen LogP contribution in [-0.2, 0) is 0 Å². The number of hydrogen-bond acceptors (Lipinski definition) is 2. The van der Waals surface area contributed by atoms with Crippen LogP contribution in [-0.4, -0.2) is 24.5 Å². The lowest BCUT2D eigenvalue weighted by atomic mass is 10.0. The molecule has 0 saturated carbocycles. The summed E-state index contributed by atoms with van der Waals surface area (Å²) in [5.74, 6) is 0. The number of aryl methyl sites for hydroxylation is 1. The van der Waals surface area contributed by atoms with Gasteiger partial charge in [0.15, 0.2) is 0 Å². The predicted molar refractivity (Wildman–Crippen MR) is 79.7 cm³/mol. The van der Waals surface area contributed by atoms with Gasteiger partial charge in [-0.1, -0.05) is 43.7 Å². The molecule has 1 aromatic rings. The van der Waals surface area contributed by atoms with Crippen LogP contribution in [0.5, 0.6) is 0 Å². The van der Waals surface area contributed by atoms with Crippen LogP contribution < -0.4 is 5.73 Å². The summed E-state index contributed by atoms with van der Waals surface area (Å²) in [5.41, 5.74) is 8.81. The van der Waals surface area contributed by atoms with Gasteiger partial charge in [-0.15, -0.1) is 0 Å². The smallest absolute Gasteiger partial charge is 0.0307 e. The Kier molecular flexibility index (Phi) is 6.99. The Balaban J connectivity index is 2.43. The van der Waals surface area contributed by atoms with Crippen molar-refractivity contribution in [3.8, 4) is 0 Å². The van der Waals surface area contributed by atoms with Gasteiger partial charge in [0.1, 0.15) is 0 Å². The third-order valence-electron chi connectivity index (χ3n) is 3.34. The first-order chi connectivity index (χ1) is 8.67. The van der Waals surface area contributed by atoms with E-state index in [1.54, 1.807) is 0 Å². The van der Waals surface area contributed by atoms with Gasteiger partial charge in [0, 0.05) is 6.04 Å². The molecule has 0 aliphatic heterocycles. The molecule has 0 spiro atoms. The van der Waals surface area contributed by atoms with Gasteiger partial charge in [-0.3, -0.25) is 0 Å². The zero-order valence-electron chi connectivity index (χ0n) is 12.2. The summed E-state index contributed by atoms with van der Waals surface area (Å²) in [4.78, 5) is 2.52. The van der Waals surface area contributed by atoms with Crippen LogP contribution in [0.15, 0.2) is 24.3 Å². The third kappa shape index (κ3) is 5.19. The highest BCUT2D eigenvalue weighted by atomic mass is 15.1. The molecule has 1 unspecified atom stereocenters. The van der Waals surface area contributed by atoms with Crippen molar-refractivity contribution in [3.63, 3.8) is 0 Å². The number of nitrogens with zero attached hydrogens (tertiary/aromatic N) is 1. The van der Waals surface area contributed by atoms with E-state index in [4.69, 9.17) is 5.73 Å². The minimum atomic E-state index is 0.168. The summed E-state index contributed by atoms with van der Waals surface area (Å²) in [7, 11) is 0. The first-order valence-corrected chi connectivity index (χ1v) is 7.21. The summed E-state index contributed by atoms with van der Waals surface area (Å²) in [6.45, 7) is 10.1. The first kappa shape index (κ1) is 15.2. The quantitative estimate of drug-likeness (QED) is 0.763. The molecule has 0 fully saturated rings. The van der Waals surface area contributed by atoms with Crippen LogP contribution in [0, 0.1) is 6.92 Å². The Morgan fingerprint density at radius 3 is 2.06 bits per heavy atom. The summed E-state index contributed by atoms with van der Waals surface area (Å²) >= 11 is 0. The van der Waals surface area contributed by atoms with Gasteiger partial charge < -0.3 is 10.6 Å². The topological polar surface area (TPSA) is 29.3 Å². The highest BCUT2D eigenvalue weighted by Crippen LogP contribution is 2.15. The second kappa shape index (κ2) is 8.28. The fourth-order valence-electron chi connectivity index (χ4n) is 2.27. The van der Waals surface area contributed by atoms with Gasteiger partial charge in [0.2, 0.25) is 0 Å². The highest BCUT2D eigenvalue weighted by Gasteiger charge is 2.08. The zero-order valence-corrected chi connectivity index (χ0v) is 12.2. The van der Waals surface area contributed by atoms with E-state index in [0.717, 1.165) is 13.0 Å². The Bertz CT molecular complexity index is 312. The summed E-state index contributed by atoms with van der Waals surface area (Å²) in [6, 6.07) is 8.77. The van der Waals surface area contributed by atoms with Crippen molar-refractivity contribution in [1.82, 2.24) is 4.90 Å². The average molecular weight is 248 g/mol. The largest absolute Gasteiger partial charge is 0.324 e. The number of rotatable bonds is 8. The molecule has 0 amide bonds. The molecular formula is C16H28N2. The lowest BCUT2D eigenvalue weighted by Gasteiger charge is -2.23. The standard InChI is InChI=1S/C16H28N2/c1-4-11-18(12-5-2)13-10-16(17)15-8-6-14(3)7-9-15/h6-9,16H,4-5,10-13,17H2,1-3H3. The molecule has 2 N–H and O–H groups in total. The van der Waals surface area contributed by atoms with Crippen molar-refractivity contribution in [3.05, 3.63) is 35.4 Å². The Labute approximate surface area is 112 Å². The Hall–Kier alpha value is -0.860. The minimum Gasteiger partial charge on any atom is -0.324 e. The van der Waals surface area contributed by atoms with Crippen molar-refractivity contribution in [2.75, 3.05) is 19.6 Å². The maximum absolute atomic E-state index is 6.26. The average Bonchev–Trinajstić information content (AvgIpc) is 2.37. The molecule has 0 bridgehead atoms. The van der Waals surface area contributed by atoms with Crippen LogP contribution in [0.25, 0.3) is 0 Å². The Morgan fingerprint density at radius 1 is 1.00 bits per heavy atom. The Morgan fingerprint density at radius 2 is 1.56 bits per heavy atom. The number of nitrogens with two attached hydrogens (primary N) is 1.